The molecule has 0 heterocycles. The first-order valence-electron chi connectivity index (χ1n) is 11.3. The summed E-state index contributed by atoms with van der Waals surface area (Å²) in [6, 6.07) is 4.74. The van der Waals surface area contributed by atoms with Crippen molar-refractivity contribution < 1.29 is 33.8 Å². The van der Waals surface area contributed by atoms with Crippen molar-refractivity contribution in [2.75, 3.05) is 12.0 Å². The van der Waals surface area contributed by atoms with Crippen molar-refractivity contribution in [1.29, 1.82) is 0 Å². The van der Waals surface area contributed by atoms with Gasteiger partial charge in [0.15, 0.2) is 0 Å². The zero-order valence-electron chi connectivity index (χ0n) is 20.4. The Morgan fingerprint density at radius 1 is 1.17 bits per heavy atom. The minimum Gasteiger partial charge on any atom is -0.481 e. The number of nitrogens with zero attached hydrogens (tertiary/aromatic N) is 1. The lowest BCUT2D eigenvalue weighted by molar-refractivity contribution is -0.151. The maximum absolute atomic E-state index is 13.5. The minimum atomic E-state index is -1.68. The molecule has 0 unspecified atom stereocenters. The second-order valence-electron chi connectivity index (χ2n) is 9.41. The van der Waals surface area contributed by atoms with Crippen molar-refractivity contribution in [2.45, 2.75) is 64.1 Å². The Morgan fingerprint density at radius 3 is 2.23 bits per heavy atom. The van der Waals surface area contributed by atoms with Gasteiger partial charge in [0.25, 0.3) is 5.91 Å². The number of carboxylic acid groups (broad SMARTS) is 1. The number of hydrogen-bond donors (Lipinski definition) is 3. The fourth-order valence-electron chi connectivity index (χ4n) is 3.70. The molecule has 35 heavy (non-hydrogen) atoms. The van der Waals surface area contributed by atoms with Crippen molar-refractivity contribution in [3.05, 3.63) is 35.4 Å². The molecule has 0 radical (unpaired) electrons. The van der Waals surface area contributed by atoms with Crippen LogP contribution < -0.4 is 11.1 Å². The van der Waals surface area contributed by atoms with Gasteiger partial charge < -0.3 is 20.9 Å². The van der Waals surface area contributed by atoms with Crippen LogP contribution in [0.2, 0.25) is 0 Å². The number of nitrogens with two attached hydrogens (primary N) is 1. The predicted molar refractivity (Wildman–Crippen MR) is 131 cm³/mol. The number of carboxylic acids is 1. The summed E-state index contributed by atoms with van der Waals surface area (Å²) in [6.07, 6.45) is 0.717. The van der Waals surface area contributed by atoms with Crippen molar-refractivity contribution in [1.82, 2.24) is 10.2 Å². The topological polar surface area (TPSA) is 156 Å². The van der Waals surface area contributed by atoms with E-state index < -0.39 is 59.8 Å². The Hall–Kier alpha value is -2.92. The van der Waals surface area contributed by atoms with E-state index in [9.17, 15) is 29.1 Å². The smallest absolute Gasteiger partial charge is 0.424 e. The van der Waals surface area contributed by atoms with Gasteiger partial charge in [0.1, 0.15) is 11.6 Å². The second-order valence-corrected chi connectivity index (χ2v) is 10.4. The third kappa shape index (κ3) is 8.07. The van der Waals surface area contributed by atoms with Crippen LogP contribution in [0.25, 0.3) is 0 Å². The largest absolute Gasteiger partial charge is 0.481 e. The van der Waals surface area contributed by atoms with Gasteiger partial charge in [-0.05, 0) is 63.2 Å². The van der Waals surface area contributed by atoms with Gasteiger partial charge in [-0.15, -0.1) is 0 Å². The normalized spacial score (nSPS) is 15.0. The zero-order chi connectivity index (χ0) is 26.3. The van der Waals surface area contributed by atoms with E-state index >= 15 is 0 Å². The molecular weight excluding hydrogens is 474 g/mol. The number of nitrogens with one attached hydrogen (secondary N) is 1. The highest BCUT2D eigenvalue weighted by Crippen LogP contribution is 2.28. The minimum absolute atomic E-state index is 0.302. The molecule has 11 heteroatoms. The molecule has 1 aromatic carbocycles. The van der Waals surface area contributed by atoms with Gasteiger partial charge in [-0.25, -0.2) is 4.79 Å². The Labute approximate surface area is 208 Å². The number of benzene rings is 1. The number of carbonyl (C=O) groups is 5. The molecule has 2 rings (SSSR count). The average Bonchev–Trinajstić information content (AvgIpc) is 3.19. The molecule has 4 amide bonds. The number of fused-ring (bicyclic) bond motifs is 1. The maximum Gasteiger partial charge on any atom is 0.424 e. The van der Waals surface area contributed by atoms with Crippen molar-refractivity contribution in [3.63, 3.8) is 0 Å². The number of imide groups is 3. The Balaban J connectivity index is 2.33. The fourth-order valence-corrected chi connectivity index (χ4v) is 4.19. The van der Waals surface area contributed by atoms with Gasteiger partial charge >= 0.3 is 12.1 Å². The number of carbonyl (C=O) groups excluding carboxylic acids is 4. The summed E-state index contributed by atoms with van der Waals surface area (Å²) >= 11 is 1.47. The first-order chi connectivity index (χ1) is 16.3. The van der Waals surface area contributed by atoms with Crippen LogP contribution in [0.15, 0.2) is 24.3 Å². The number of amides is 4. The van der Waals surface area contributed by atoms with E-state index in [1.807, 2.05) is 30.5 Å². The second kappa shape index (κ2) is 12.2. The highest BCUT2D eigenvalue weighted by molar-refractivity contribution is 7.98. The monoisotopic (exact) mass is 507 g/mol. The lowest BCUT2D eigenvalue weighted by atomic mass is 10.0. The molecule has 0 aliphatic heterocycles. The molecule has 0 aromatic heterocycles. The molecule has 1 aromatic rings. The van der Waals surface area contributed by atoms with Crippen molar-refractivity contribution in [3.8, 4) is 0 Å². The lowest BCUT2D eigenvalue weighted by Crippen LogP contribution is -2.57. The van der Waals surface area contributed by atoms with E-state index in [0.29, 0.717) is 29.9 Å². The standard InChI is InChI=1S/C24H33N3O7S/c1-24(2,3)34-23(33)27(21(31)16-11-14-7-5-6-8-15(14)12-16)22(32)18(13-19(28)29)26-20(30)17(25)9-10-35-4/h5-8,16-18H,9-13,25H2,1-4H3,(H,26,30)(H,28,29)/t17-,18-/m0/s1. The molecule has 1 aliphatic rings. The molecule has 2 atom stereocenters. The highest BCUT2D eigenvalue weighted by Gasteiger charge is 2.42. The maximum atomic E-state index is 13.5. The van der Waals surface area contributed by atoms with E-state index in [-0.39, 0.29) is 0 Å². The van der Waals surface area contributed by atoms with Gasteiger partial charge in [-0.1, -0.05) is 24.3 Å². The summed E-state index contributed by atoms with van der Waals surface area (Å²) in [5, 5.41) is 11.7. The highest BCUT2D eigenvalue weighted by atomic mass is 32.2. The number of thioether (sulfide) groups is 1. The Morgan fingerprint density at radius 2 is 1.74 bits per heavy atom. The van der Waals surface area contributed by atoms with E-state index in [1.54, 1.807) is 20.8 Å². The molecule has 0 saturated carbocycles. The SMILES string of the molecule is CSCC[C@H](N)C(=O)N[C@@H](CC(=O)O)C(=O)N(C(=O)OC(C)(C)C)C(=O)C1Cc2ccccc2C1. The van der Waals surface area contributed by atoms with Crippen LogP contribution in [-0.4, -0.2) is 69.5 Å². The Bertz CT molecular complexity index is 951. The third-order valence-corrected chi connectivity index (χ3v) is 6.02. The molecule has 0 bridgehead atoms. The average molecular weight is 508 g/mol. The number of hydrogen-bond acceptors (Lipinski definition) is 8. The molecule has 0 spiro atoms. The first-order valence-corrected chi connectivity index (χ1v) is 12.7. The summed E-state index contributed by atoms with van der Waals surface area (Å²) < 4.78 is 5.30. The van der Waals surface area contributed by atoms with Gasteiger partial charge in [0, 0.05) is 5.92 Å². The molecule has 192 valence electrons. The van der Waals surface area contributed by atoms with E-state index in [1.165, 1.54) is 11.8 Å². The van der Waals surface area contributed by atoms with Crippen LogP contribution >= 0.6 is 11.8 Å². The van der Waals surface area contributed by atoms with Crippen LogP contribution in [0.4, 0.5) is 4.79 Å². The van der Waals surface area contributed by atoms with E-state index in [4.69, 9.17) is 10.5 Å². The summed E-state index contributed by atoms with van der Waals surface area (Å²) in [4.78, 5) is 64.2. The number of aliphatic carboxylic acids is 1. The van der Waals surface area contributed by atoms with Crippen LogP contribution in [0, 0.1) is 5.92 Å². The van der Waals surface area contributed by atoms with Crippen LogP contribution in [0.1, 0.15) is 44.7 Å². The predicted octanol–water partition coefficient (Wildman–Crippen LogP) is 1.73. The van der Waals surface area contributed by atoms with E-state index in [0.717, 1.165) is 11.1 Å². The van der Waals surface area contributed by atoms with Crippen LogP contribution in [0.3, 0.4) is 0 Å². The number of rotatable bonds is 9. The van der Waals surface area contributed by atoms with Gasteiger partial charge in [0.05, 0.1) is 12.5 Å². The first kappa shape index (κ1) is 28.3. The van der Waals surface area contributed by atoms with E-state index in [2.05, 4.69) is 5.32 Å². The van der Waals surface area contributed by atoms with Crippen LogP contribution in [0.5, 0.6) is 0 Å². The van der Waals surface area contributed by atoms with Gasteiger partial charge in [-0.2, -0.15) is 16.7 Å². The third-order valence-electron chi connectivity index (χ3n) is 5.38. The van der Waals surface area contributed by atoms with Gasteiger partial charge in [-0.3, -0.25) is 19.2 Å². The van der Waals surface area contributed by atoms with Gasteiger partial charge in [0.2, 0.25) is 11.8 Å². The summed E-state index contributed by atoms with van der Waals surface area (Å²) in [5.74, 6) is -4.26. The van der Waals surface area contributed by atoms with Crippen molar-refractivity contribution >= 4 is 41.5 Å². The lowest BCUT2D eigenvalue weighted by Gasteiger charge is -2.29. The molecule has 0 saturated heterocycles. The molecule has 0 fully saturated rings. The number of ether oxygens (including phenoxy) is 1. The quantitative estimate of drug-likeness (QED) is 0.453. The summed E-state index contributed by atoms with van der Waals surface area (Å²) in [6.45, 7) is 4.72. The summed E-state index contributed by atoms with van der Waals surface area (Å²) in [7, 11) is 0. The Kier molecular flexibility index (Phi) is 9.84. The molecule has 4 N–H and O–H groups in total. The molecule has 1 aliphatic carbocycles. The molecule has 10 nitrogen and oxygen atoms in total. The molecular formula is C24H33N3O7S. The summed E-state index contributed by atoms with van der Waals surface area (Å²) in [5.41, 5.74) is 6.68. The zero-order valence-corrected chi connectivity index (χ0v) is 21.2. The fraction of sp³-hybridized carbons (Fsp3) is 0.542. The van der Waals surface area contributed by atoms with Crippen LogP contribution in [-0.2, 0) is 36.8 Å². The van der Waals surface area contributed by atoms with Crippen molar-refractivity contribution in [2.24, 2.45) is 11.7 Å².